The second kappa shape index (κ2) is 10.0. The molecule has 4 aliphatic carbocycles. The third kappa shape index (κ3) is 4.55. The number of unbranched alkanes of at least 4 members (excludes halogenated alkanes) is 2. The first-order valence-electron chi connectivity index (χ1n) is 13.5. The van der Waals surface area contributed by atoms with Gasteiger partial charge in [0, 0.05) is 24.7 Å². The number of carbonyl (C=O) groups is 4. The van der Waals surface area contributed by atoms with Gasteiger partial charge < -0.3 is 20.7 Å². The molecule has 0 aliphatic heterocycles. The molecule has 7 atom stereocenters. The third-order valence-corrected chi connectivity index (χ3v) is 10.2. The summed E-state index contributed by atoms with van der Waals surface area (Å²) in [5.41, 5.74) is 3.58. The van der Waals surface area contributed by atoms with Crippen LogP contribution in [0.25, 0.3) is 0 Å². The van der Waals surface area contributed by atoms with Crippen molar-refractivity contribution in [2.45, 2.75) is 103 Å². The van der Waals surface area contributed by atoms with E-state index in [0.717, 1.165) is 24.8 Å². The van der Waals surface area contributed by atoms with Crippen LogP contribution in [-0.2, 0) is 23.9 Å². The zero-order valence-corrected chi connectivity index (χ0v) is 21.6. The molecular weight excluding hydrogens is 462 g/mol. The van der Waals surface area contributed by atoms with Crippen LogP contribution in [0, 0.1) is 28.6 Å². The van der Waals surface area contributed by atoms with E-state index < -0.39 is 35.5 Å². The molecule has 4 aliphatic rings. The van der Waals surface area contributed by atoms with Gasteiger partial charge in [-0.05, 0) is 80.6 Å². The van der Waals surface area contributed by atoms with E-state index in [-0.39, 0.29) is 47.7 Å². The Morgan fingerprint density at radius 2 is 1.81 bits per heavy atom. The largest absolute Gasteiger partial charge is 0.458 e. The molecule has 0 radical (unpaired) electrons. The molecule has 0 bridgehead atoms. The highest BCUT2D eigenvalue weighted by molar-refractivity contribution is 5.92. The number of aliphatic hydroxyl groups is 2. The Balaban J connectivity index is 1.41. The number of hydrogen-bond acceptors (Lipinski definition) is 7. The first-order chi connectivity index (χ1) is 16.9. The van der Waals surface area contributed by atoms with E-state index in [1.807, 2.05) is 6.92 Å². The average Bonchev–Trinajstić information content (AvgIpc) is 3.08. The van der Waals surface area contributed by atoms with Crippen molar-refractivity contribution < 1.29 is 34.1 Å². The number of hydrogen-bond donors (Lipinski definition) is 3. The van der Waals surface area contributed by atoms with Crippen LogP contribution in [0.3, 0.4) is 0 Å². The summed E-state index contributed by atoms with van der Waals surface area (Å²) in [5, 5.41) is 23.2. The fraction of sp³-hybridized carbons (Fsp3) is 0.786. The Kier molecular flexibility index (Phi) is 7.50. The van der Waals surface area contributed by atoms with Gasteiger partial charge in [0.1, 0.15) is 5.60 Å². The van der Waals surface area contributed by atoms with E-state index in [1.165, 1.54) is 0 Å². The fourth-order valence-corrected chi connectivity index (χ4v) is 8.23. The van der Waals surface area contributed by atoms with Crippen molar-refractivity contribution in [3.05, 3.63) is 11.6 Å². The van der Waals surface area contributed by atoms with E-state index in [9.17, 15) is 29.4 Å². The molecular formula is C28H41NO7. The number of ether oxygens (including phenoxy) is 1. The number of Topliss-reactive ketones (excluding diaryl/α,β-unsaturated/α-hetero) is 1. The van der Waals surface area contributed by atoms with Gasteiger partial charge in [0.2, 0.25) is 11.7 Å². The number of ketones is 2. The maximum atomic E-state index is 13.3. The van der Waals surface area contributed by atoms with Crippen molar-refractivity contribution in [3.63, 3.8) is 0 Å². The predicted molar refractivity (Wildman–Crippen MR) is 131 cm³/mol. The van der Waals surface area contributed by atoms with Gasteiger partial charge in [-0.25, -0.2) is 0 Å². The molecule has 4 N–H and O–H groups in total. The van der Waals surface area contributed by atoms with Crippen LogP contribution < -0.4 is 5.73 Å². The Bertz CT molecular complexity index is 960. The number of rotatable bonds is 9. The Hall–Kier alpha value is -2.06. The second-order valence-corrected chi connectivity index (χ2v) is 12.1. The highest BCUT2D eigenvalue weighted by atomic mass is 16.5. The Morgan fingerprint density at radius 3 is 2.53 bits per heavy atom. The van der Waals surface area contributed by atoms with Crippen LogP contribution >= 0.6 is 0 Å². The number of fused-ring (bicyclic) bond motifs is 5. The molecule has 0 saturated heterocycles. The van der Waals surface area contributed by atoms with Crippen LogP contribution in [0.5, 0.6) is 0 Å². The number of carbonyl (C=O) groups excluding carboxylic acids is 4. The summed E-state index contributed by atoms with van der Waals surface area (Å²) in [6, 6.07) is 0. The molecule has 0 aromatic carbocycles. The summed E-state index contributed by atoms with van der Waals surface area (Å²) in [5.74, 6) is -0.944. The maximum absolute atomic E-state index is 13.3. The van der Waals surface area contributed by atoms with Gasteiger partial charge >= 0.3 is 5.97 Å². The number of esters is 1. The smallest absolute Gasteiger partial charge is 0.306 e. The highest BCUT2D eigenvalue weighted by Gasteiger charge is 2.68. The number of amides is 1. The van der Waals surface area contributed by atoms with Crippen molar-refractivity contribution in [2.24, 2.45) is 34.3 Å². The minimum Gasteiger partial charge on any atom is -0.458 e. The van der Waals surface area contributed by atoms with Crippen molar-refractivity contribution in [1.29, 1.82) is 0 Å². The molecule has 200 valence electrons. The summed E-state index contributed by atoms with van der Waals surface area (Å²) in [6.45, 7) is 3.62. The summed E-state index contributed by atoms with van der Waals surface area (Å²) >= 11 is 0. The molecule has 0 heterocycles. The molecule has 3 saturated carbocycles. The molecule has 3 fully saturated rings. The van der Waals surface area contributed by atoms with Crippen LogP contribution in [0.15, 0.2) is 11.6 Å². The lowest BCUT2D eigenvalue weighted by Crippen LogP contribution is -2.62. The Morgan fingerprint density at radius 1 is 1.08 bits per heavy atom. The fourth-order valence-electron chi connectivity index (χ4n) is 8.23. The number of aliphatic hydroxyl groups excluding tert-OH is 1. The molecule has 36 heavy (non-hydrogen) atoms. The van der Waals surface area contributed by atoms with Crippen molar-refractivity contribution in [3.8, 4) is 0 Å². The molecule has 8 nitrogen and oxygen atoms in total. The summed E-state index contributed by atoms with van der Waals surface area (Å²) in [4.78, 5) is 48.2. The van der Waals surface area contributed by atoms with Crippen LogP contribution in [-0.4, -0.2) is 52.0 Å². The van der Waals surface area contributed by atoms with Gasteiger partial charge in [0.25, 0.3) is 0 Å². The molecule has 0 spiro atoms. The number of allylic oxidation sites excluding steroid dienone is 1. The minimum absolute atomic E-state index is 0.00789. The number of primary amides is 1. The monoisotopic (exact) mass is 503 g/mol. The summed E-state index contributed by atoms with van der Waals surface area (Å²) in [7, 11) is 0. The zero-order chi connectivity index (χ0) is 26.3. The van der Waals surface area contributed by atoms with Gasteiger partial charge in [-0.15, -0.1) is 0 Å². The van der Waals surface area contributed by atoms with Crippen LogP contribution in [0.4, 0.5) is 0 Å². The third-order valence-electron chi connectivity index (χ3n) is 10.2. The Labute approximate surface area is 213 Å². The van der Waals surface area contributed by atoms with Crippen molar-refractivity contribution in [1.82, 2.24) is 0 Å². The van der Waals surface area contributed by atoms with Crippen molar-refractivity contribution in [2.75, 3.05) is 6.61 Å². The maximum Gasteiger partial charge on any atom is 0.306 e. The molecule has 0 unspecified atom stereocenters. The van der Waals surface area contributed by atoms with Gasteiger partial charge in [-0.2, -0.15) is 0 Å². The molecule has 0 aromatic heterocycles. The first-order valence-corrected chi connectivity index (χ1v) is 13.5. The van der Waals surface area contributed by atoms with Gasteiger partial charge in [-0.1, -0.05) is 25.8 Å². The van der Waals surface area contributed by atoms with Gasteiger partial charge in [0.05, 0.1) is 6.10 Å². The lowest BCUT2D eigenvalue weighted by atomic mass is 9.45. The molecule has 4 rings (SSSR count). The normalized spacial score (nSPS) is 39.4. The number of nitrogens with two attached hydrogens (primary N) is 1. The summed E-state index contributed by atoms with van der Waals surface area (Å²) in [6.07, 6.45) is 7.53. The molecule has 0 aromatic rings. The highest BCUT2D eigenvalue weighted by Crippen LogP contribution is 2.67. The minimum atomic E-state index is -1.65. The van der Waals surface area contributed by atoms with E-state index in [0.29, 0.717) is 44.9 Å². The van der Waals surface area contributed by atoms with E-state index >= 15 is 0 Å². The first kappa shape index (κ1) is 27.0. The van der Waals surface area contributed by atoms with Gasteiger partial charge in [0.15, 0.2) is 12.4 Å². The topological polar surface area (TPSA) is 144 Å². The second-order valence-electron chi connectivity index (χ2n) is 12.1. The SMILES string of the molecule is C[C@]12CCC(=O)C=C1CC[C@@H]1[C@@H]2[C@@H](O)C[C@@]2(C)[C@H]1CC[C@]2(O)C(=O)COC(=O)CCCCCC(N)=O. The van der Waals surface area contributed by atoms with Gasteiger partial charge in [-0.3, -0.25) is 19.2 Å². The lowest BCUT2D eigenvalue weighted by molar-refractivity contribution is -0.184. The predicted octanol–water partition coefficient (Wildman–Crippen LogP) is 2.77. The van der Waals surface area contributed by atoms with Crippen LogP contribution in [0.2, 0.25) is 0 Å². The van der Waals surface area contributed by atoms with E-state index in [1.54, 1.807) is 6.08 Å². The quantitative estimate of drug-likeness (QED) is 0.324. The average molecular weight is 504 g/mol. The lowest BCUT2D eigenvalue weighted by Gasteiger charge is -2.60. The molecule has 8 heteroatoms. The molecule has 1 amide bonds. The van der Waals surface area contributed by atoms with E-state index in [4.69, 9.17) is 10.5 Å². The van der Waals surface area contributed by atoms with E-state index in [2.05, 4.69) is 6.92 Å². The zero-order valence-electron chi connectivity index (χ0n) is 21.6. The van der Waals surface area contributed by atoms with Crippen LogP contribution in [0.1, 0.15) is 90.9 Å². The summed E-state index contributed by atoms with van der Waals surface area (Å²) < 4.78 is 5.22. The van der Waals surface area contributed by atoms with Crippen molar-refractivity contribution >= 4 is 23.4 Å². The standard InChI is InChI=1S/C28H41NO7/c1-26-12-10-18(30)14-17(26)8-9-19-20-11-13-28(35,27(20,2)15-21(31)25(19)26)22(32)16-36-24(34)7-5-3-4-6-23(29)33/h14,19-21,25,31,35H,3-13,15-16H2,1-2H3,(H2,29,33)/t19-,20-,21-,25+,26-,27-,28-/m0/s1.